The molecule has 0 spiro atoms. The van der Waals surface area contributed by atoms with E-state index in [-0.39, 0.29) is 0 Å². The monoisotopic (exact) mass is 418 g/mol. The Hall–Kier alpha value is -1.65. The molecule has 5 heteroatoms. The van der Waals surface area contributed by atoms with Gasteiger partial charge in [-0.1, -0.05) is 44.2 Å². The van der Waals surface area contributed by atoms with Crippen LogP contribution in [0.25, 0.3) is 0 Å². The van der Waals surface area contributed by atoms with E-state index in [0.717, 1.165) is 39.1 Å². The fourth-order valence-electron chi connectivity index (χ4n) is 4.12. The van der Waals surface area contributed by atoms with Crippen LogP contribution in [-0.2, 0) is 13.0 Å². The fraction of sp³-hybridized carbons (Fsp3) is 0.583. The van der Waals surface area contributed by atoms with Gasteiger partial charge in [0.05, 0.1) is 18.1 Å². The Morgan fingerprint density at radius 3 is 2.69 bits per heavy atom. The maximum absolute atomic E-state index is 4.64. The SMILES string of the molecule is CC/C=C(\C1=CN(C)CN1)N(Cc1cccc(CC)c1)C1CCCNCC1.CCl. The molecule has 0 aromatic heterocycles. The first kappa shape index (κ1) is 23.6. The first-order valence-electron chi connectivity index (χ1n) is 11.0. The Bertz CT molecular complexity index is 663. The van der Waals surface area contributed by atoms with Crippen LogP contribution in [0.2, 0.25) is 0 Å². The van der Waals surface area contributed by atoms with Gasteiger partial charge in [-0.05, 0) is 56.3 Å². The molecule has 4 nitrogen and oxygen atoms in total. The van der Waals surface area contributed by atoms with Gasteiger partial charge in [0.25, 0.3) is 0 Å². The van der Waals surface area contributed by atoms with Gasteiger partial charge in [0.2, 0.25) is 0 Å². The lowest BCUT2D eigenvalue weighted by Crippen LogP contribution is -2.37. The van der Waals surface area contributed by atoms with E-state index in [1.807, 2.05) is 0 Å². The summed E-state index contributed by atoms with van der Waals surface area (Å²) in [6, 6.07) is 9.70. The van der Waals surface area contributed by atoms with Gasteiger partial charge in [-0.2, -0.15) is 0 Å². The predicted octanol–water partition coefficient (Wildman–Crippen LogP) is 4.68. The molecule has 1 atom stereocenters. The zero-order valence-electron chi connectivity index (χ0n) is 18.7. The summed E-state index contributed by atoms with van der Waals surface area (Å²) in [5, 5.41) is 7.17. The molecule has 1 saturated heterocycles. The molecule has 2 heterocycles. The number of benzene rings is 1. The summed E-state index contributed by atoms with van der Waals surface area (Å²) in [7, 11) is 2.13. The zero-order valence-corrected chi connectivity index (χ0v) is 19.4. The van der Waals surface area contributed by atoms with Crippen LogP contribution in [0.5, 0.6) is 0 Å². The third kappa shape index (κ3) is 6.97. The first-order valence-corrected chi connectivity index (χ1v) is 11.8. The van der Waals surface area contributed by atoms with E-state index in [0.29, 0.717) is 6.04 Å². The second-order valence-corrected chi connectivity index (χ2v) is 7.77. The van der Waals surface area contributed by atoms with Crippen molar-refractivity contribution in [3.8, 4) is 0 Å². The molecule has 0 aliphatic carbocycles. The number of nitrogens with one attached hydrogen (secondary N) is 2. The molecular weight excluding hydrogens is 380 g/mol. The highest BCUT2D eigenvalue weighted by Gasteiger charge is 2.25. The number of allylic oxidation sites excluding steroid dienone is 1. The topological polar surface area (TPSA) is 30.5 Å². The Morgan fingerprint density at radius 1 is 1.21 bits per heavy atom. The number of nitrogens with zero attached hydrogens (tertiary/aromatic N) is 2. The van der Waals surface area contributed by atoms with Gasteiger partial charge in [0, 0.05) is 32.2 Å². The average molecular weight is 419 g/mol. The van der Waals surface area contributed by atoms with Crippen LogP contribution in [0.3, 0.4) is 0 Å². The van der Waals surface area contributed by atoms with Crippen LogP contribution >= 0.6 is 11.6 Å². The largest absolute Gasteiger partial charge is 0.365 e. The highest BCUT2D eigenvalue weighted by molar-refractivity contribution is 6.15. The van der Waals surface area contributed by atoms with Crippen LogP contribution < -0.4 is 10.6 Å². The number of hydrogen-bond donors (Lipinski definition) is 2. The van der Waals surface area contributed by atoms with E-state index in [1.165, 1.54) is 48.2 Å². The number of hydrogen-bond acceptors (Lipinski definition) is 4. The van der Waals surface area contributed by atoms with Crippen molar-refractivity contribution >= 4 is 11.6 Å². The van der Waals surface area contributed by atoms with E-state index in [1.54, 1.807) is 0 Å². The van der Waals surface area contributed by atoms with Crippen molar-refractivity contribution in [3.05, 3.63) is 59.1 Å². The van der Waals surface area contributed by atoms with Crippen molar-refractivity contribution in [2.45, 2.75) is 58.5 Å². The van der Waals surface area contributed by atoms with Gasteiger partial charge in [0.15, 0.2) is 0 Å². The van der Waals surface area contributed by atoms with Crippen LogP contribution in [-0.4, -0.2) is 49.0 Å². The van der Waals surface area contributed by atoms with Crippen molar-refractivity contribution in [3.63, 3.8) is 0 Å². The lowest BCUT2D eigenvalue weighted by molar-refractivity contribution is 0.227. The predicted molar refractivity (Wildman–Crippen MR) is 126 cm³/mol. The smallest absolute Gasteiger partial charge is 0.0870 e. The second kappa shape index (κ2) is 12.8. The molecule has 1 fully saturated rings. The Balaban J connectivity index is 0.00000145. The summed E-state index contributed by atoms with van der Waals surface area (Å²) < 4.78 is 0. The highest BCUT2D eigenvalue weighted by atomic mass is 35.5. The van der Waals surface area contributed by atoms with Crippen molar-refractivity contribution in [2.75, 3.05) is 33.2 Å². The van der Waals surface area contributed by atoms with E-state index >= 15 is 0 Å². The normalized spacial score (nSPS) is 19.6. The Kier molecular flexibility index (Phi) is 10.4. The summed E-state index contributed by atoms with van der Waals surface area (Å²) in [5.74, 6) is 0. The van der Waals surface area contributed by atoms with Gasteiger partial charge < -0.3 is 20.4 Å². The van der Waals surface area contributed by atoms with Gasteiger partial charge in [-0.3, -0.25) is 0 Å². The first-order chi connectivity index (χ1) is 14.2. The minimum atomic E-state index is 0.580. The van der Waals surface area contributed by atoms with Gasteiger partial charge in [-0.15, -0.1) is 11.6 Å². The second-order valence-electron chi connectivity index (χ2n) is 7.77. The molecule has 1 aromatic carbocycles. The lowest BCUT2D eigenvalue weighted by atomic mass is 10.0. The molecule has 0 amide bonds. The zero-order chi connectivity index (χ0) is 21.1. The number of halogens is 1. The Morgan fingerprint density at radius 2 is 2.00 bits per heavy atom. The number of alkyl halides is 1. The van der Waals surface area contributed by atoms with Gasteiger partial charge in [-0.25, -0.2) is 0 Å². The number of rotatable bonds is 7. The van der Waals surface area contributed by atoms with Crippen molar-refractivity contribution in [1.82, 2.24) is 20.4 Å². The molecule has 0 bridgehead atoms. The summed E-state index contributed by atoms with van der Waals surface area (Å²) >= 11 is 4.64. The highest BCUT2D eigenvalue weighted by Crippen LogP contribution is 2.27. The molecule has 29 heavy (non-hydrogen) atoms. The van der Waals surface area contributed by atoms with E-state index in [2.05, 4.69) is 89.5 Å². The molecule has 2 aliphatic heterocycles. The minimum Gasteiger partial charge on any atom is -0.365 e. The molecule has 162 valence electrons. The van der Waals surface area contributed by atoms with Gasteiger partial charge in [0.1, 0.15) is 0 Å². The standard InChI is InChI=1S/C23H36N4.CH3Cl/c1-4-8-23(22-17-26(3)18-25-22)27(21-11-7-13-24-14-12-21)16-20-10-6-9-19(5-2)15-20;1-2/h6,8-10,15,17,21,24-25H,4-5,7,11-14,16,18H2,1-3H3;1H3/b23-8+;. The molecular formula is C24H39ClN4. The maximum atomic E-state index is 4.64. The summed E-state index contributed by atoms with van der Waals surface area (Å²) in [4.78, 5) is 4.90. The summed E-state index contributed by atoms with van der Waals surface area (Å²) in [6.07, 6.45) is 12.0. The average Bonchev–Trinajstić information content (AvgIpc) is 3.01. The number of aryl methyl sites for hydroxylation is 1. The minimum absolute atomic E-state index is 0.580. The maximum Gasteiger partial charge on any atom is 0.0870 e. The molecule has 0 saturated carbocycles. The third-order valence-electron chi connectivity index (χ3n) is 5.59. The summed E-state index contributed by atoms with van der Waals surface area (Å²) in [5.41, 5.74) is 5.48. The molecule has 0 radical (unpaired) electrons. The Labute approximate surface area is 183 Å². The molecule has 3 rings (SSSR count). The summed E-state index contributed by atoms with van der Waals surface area (Å²) in [6.45, 7) is 8.60. The van der Waals surface area contributed by atoms with E-state index in [4.69, 9.17) is 0 Å². The van der Waals surface area contributed by atoms with Crippen LogP contribution in [0, 0.1) is 0 Å². The van der Waals surface area contributed by atoms with Crippen LogP contribution in [0.4, 0.5) is 0 Å². The van der Waals surface area contributed by atoms with Crippen molar-refractivity contribution < 1.29 is 0 Å². The van der Waals surface area contributed by atoms with Crippen LogP contribution in [0.15, 0.2) is 47.9 Å². The fourth-order valence-corrected chi connectivity index (χ4v) is 4.12. The molecule has 1 aromatic rings. The molecule has 2 aliphatic rings. The third-order valence-corrected chi connectivity index (χ3v) is 5.59. The lowest BCUT2D eigenvalue weighted by Gasteiger charge is -2.36. The van der Waals surface area contributed by atoms with E-state index < -0.39 is 0 Å². The van der Waals surface area contributed by atoms with E-state index in [9.17, 15) is 0 Å². The van der Waals surface area contributed by atoms with Gasteiger partial charge >= 0.3 is 0 Å². The quantitative estimate of drug-likeness (QED) is 0.629. The van der Waals surface area contributed by atoms with Crippen molar-refractivity contribution in [2.24, 2.45) is 0 Å². The van der Waals surface area contributed by atoms with Crippen molar-refractivity contribution in [1.29, 1.82) is 0 Å². The molecule has 2 N–H and O–H groups in total. The van der Waals surface area contributed by atoms with Crippen LogP contribution in [0.1, 0.15) is 50.7 Å². The molecule has 1 unspecified atom stereocenters.